The van der Waals surface area contributed by atoms with E-state index in [1.165, 1.54) is 4.90 Å². The summed E-state index contributed by atoms with van der Waals surface area (Å²) in [4.78, 5) is 24.6. The number of morpholine rings is 1. The fraction of sp³-hybridized carbons (Fsp3) is 0.467. The lowest BCUT2D eigenvalue weighted by atomic mass is 10.1. The maximum atomic E-state index is 12.2. The van der Waals surface area contributed by atoms with Gasteiger partial charge in [0.2, 0.25) is 0 Å². The monoisotopic (exact) mass is 293 g/mol. The summed E-state index contributed by atoms with van der Waals surface area (Å²) < 4.78 is 10.7. The lowest BCUT2D eigenvalue weighted by Crippen LogP contribution is -2.53. The maximum Gasteiger partial charge on any atom is 0.328 e. The number of aryl methyl sites for hydroxylation is 1. The summed E-state index contributed by atoms with van der Waals surface area (Å²) in [5, 5.41) is 9.11. The number of carboxylic acids is 1. The van der Waals surface area contributed by atoms with E-state index in [0.29, 0.717) is 12.4 Å². The number of rotatable bonds is 5. The van der Waals surface area contributed by atoms with Crippen molar-refractivity contribution in [1.82, 2.24) is 4.90 Å². The molecule has 0 bridgehead atoms. The number of carbonyl (C=O) groups excluding carboxylic acids is 1. The quantitative estimate of drug-likeness (QED) is 0.874. The Balaban J connectivity index is 1.99. The molecular weight excluding hydrogens is 274 g/mol. The first-order valence-electron chi connectivity index (χ1n) is 6.94. The lowest BCUT2D eigenvalue weighted by molar-refractivity contribution is -0.159. The SMILES string of the molecule is CCc1ccccc1OCC(=O)N1CCOC[C@H]1C(=O)O. The molecule has 21 heavy (non-hydrogen) atoms. The summed E-state index contributed by atoms with van der Waals surface area (Å²) in [6, 6.07) is 6.56. The van der Waals surface area contributed by atoms with Crippen LogP contribution in [0.25, 0.3) is 0 Å². The van der Waals surface area contributed by atoms with E-state index in [0.717, 1.165) is 12.0 Å². The molecule has 1 aliphatic rings. The molecule has 6 heteroatoms. The molecule has 1 aromatic carbocycles. The van der Waals surface area contributed by atoms with Gasteiger partial charge in [0, 0.05) is 6.54 Å². The van der Waals surface area contributed by atoms with Crippen molar-refractivity contribution in [2.45, 2.75) is 19.4 Å². The number of nitrogens with zero attached hydrogens (tertiary/aromatic N) is 1. The molecule has 0 unspecified atom stereocenters. The average Bonchev–Trinajstić information content (AvgIpc) is 2.52. The van der Waals surface area contributed by atoms with Gasteiger partial charge in [-0.1, -0.05) is 25.1 Å². The van der Waals surface area contributed by atoms with Crippen molar-refractivity contribution in [3.8, 4) is 5.75 Å². The molecule has 1 aromatic rings. The van der Waals surface area contributed by atoms with Crippen molar-refractivity contribution in [3.05, 3.63) is 29.8 Å². The van der Waals surface area contributed by atoms with E-state index in [1.807, 2.05) is 25.1 Å². The van der Waals surface area contributed by atoms with Crippen molar-refractivity contribution in [2.24, 2.45) is 0 Å². The van der Waals surface area contributed by atoms with E-state index in [9.17, 15) is 9.59 Å². The zero-order chi connectivity index (χ0) is 15.2. The molecule has 114 valence electrons. The number of para-hydroxylation sites is 1. The molecule has 1 atom stereocenters. The van der Waals surface area contributed by atoms with Crippen LogP contribution in [0.5, 0.6) is 5.75 Å². The predicted octanol–water partition coefficient (Wildman–Crippen LogP) is 0.940. The number of hydrogen-bond donors (Lipinski definition) is 1. The minimum Gasteiger partial charge on any atom is -0.483 e. The molecule has 0 aromatic heterocycles. The molecule has 1 N–H and O–H groups in total. The molecule has 0 radical (unpaired) electrons. The highest BCUT2D eigenvalue weighted by Crippen LogP contribution is 2.18. The zero-order valence-electron chi connectivity index (χ0n) is 11.9. The van der Waals surface area contributed by atoms with Gasteiger partial charge in [0.25, 0.3) is 5.91 Å². The van der Waals surface area contributed by atoms with Crippen LogP contribution in [0, 0.1) is 0 Å². The van der Waals surface area contributed by atoms with E-state index in [2.05, 4.69) is 0 Å². The Morgan fingerprint density at radius 2 is 2.19 bits per heavy atom. The highest BCUT2D eigenvalue weighted by Gasteiger charge is 2.32. The second kappa shape index (κ2) is 7.08. The Morgan fingerprint density at radius 1 is 1.43 bits per heavy atom. The summed E-state index contributed by atoms with van der Waals surface area (Å²) in [6.07, 6.45) is 0.805. The van der Waals surface area contributed by atoms with E-state index in [4.69, 9.17) is 14.6 Å². The van der Waals surface area contributed by atoms with Gasteiger partial charge >= 0.3 is 5.97 Å². The molecule has 6 nitrogen and oxygen atoms in total. The topological polar surface area (TPSA) is 76.1 Å². The molecule has 2 rings (SSSR count). The second-order valence-corrected chi connectivity index (χ2v) is 4.77. The Hall–Kier alpha value is -2.08. The van der Waals surface area contributed by atoms with Gasteiger partial charge in [-0.05, 0) is 18.1 Å². The third-order valence-electron chi connectivity index (χ3n) is 3.44. The lowest BCUT2D eigenvalue weighted by Gasteiger charge is -2.32. The van der Waals surface area contributed by atoms with Crippen molar-refractivity contribution in [2.75, 3.05) is 26.4 Å². The first kappa shape index (κ1) is 15.3. The highest BCUT2D eigenvalue weighted by atomic mass is 16.5. The van der Waals surface area contributed by atoms with Crippen molar-refractivity contribution < 1.29 is 24.2 Å². The first-order chi connectivity index (χ1) is 10.1. The van der Waals surface area contributed by atoms with E-state index >= 15 is 0 Å². The Bertz CT molecular complexity index is 517. The van der Waals surface area contributed by atoms with Gasteiger partial charge in [-0.3, -0.25) is 4.79 Å². The summed E-state index contributed by atoms with van der Waals surface area (Å²) in [6.45, 7) is 2.48. The van der Waals surface area contributed by atoms with E-state index < -0.39 is 12.0 Å². The van der Waals surface area contributed by atoms with Gasteiger partial charge in [0.05, 0.1) is 13.2 Å². The van der Waals surface area contributed by atoms with Gasteiger partial charge in [-0.15, -0.1) is 0 Å². The molecule has 0 aliphatic carbocycles. The van der Waals surface area contributed by atoms with Gasteiger partial charge in [-0.25, -0.2) is 4.79 Å². The zero-order valence-corrected chi connectivity index (χ0v) is 11.9. The van der Waals surface area contributed by atoms with Crippen molar-refractivity contribution >= 4 is 11.9 Å². The normalized spacial score (nSPS) is 18.3. The molecule has 1 fully saturated rings. The number of amides is 1. The molecule has 1 amide bonds. The molecule has 1 heterocycles. The molecule has 1 aliphatic heterocycles. The predicted molar refractivity (Wildman–Crippen MR) is 75.3 cm³/mol. The summed E-state index contributed by atoms with van der Waals surface area (Å²) >= 11 is 0. The van der Waals surface area contributed by atoms with Crippen LogP contribution in [0.15, 0.2) is 24.3 Å². The van der Waals surface area contributed by atoms with Crippen LogP contribution in [0.4, 0.5) is 0 Å². The van der Waals surface area contributed by atoms with Crippen LogP contribution in [0.3, 0.4) is 0 Å². The van der Waals surface area contributed by atoms with Crippen LogP contribution >= 0.6 is 0 Å². The molecule has 0 saturated carbocycles. The van der Waals surface area contributed by atoms with Gasteiger partial charge in [0.15, 0.2) is 12.6 Å². The second-order valence-electron chi connectivity index (χ2n) is 4.77. The number of hydrogen-bond acceptors (Lipinski definition) is 4. The van der Waals surface area contributed by atoms with Crippen LogP contribution < -0.4 is 4.74 Å². The highest BCUT2D eigenvalue weighted by molar-refractivity contribution is 5.84. The third kappa shape index (κ3) is 3.72. The number of carbonyl (C=O) groups is 2. The Morgan fingerprint density at radius 3 is 2.90 bits per heavy atom. The Kier molecular flexibility index (Phi) is 5.16. The fourth-order valence-electron chi connectivity index (χ4n) is 2.27. The van der Waals surface area contributed by atoms with E-state index in [-0.39, 0.29) is 25.7 Å². The van der Waals surface area contributed by atoms with Crippen LogP contribution in [-0.2, 0) is 20.7 Å². The van der Waals surface area contributed by atoms with Crippen LogP contribution in [0.2, 0.25) is 0 Å². The van der Waals surface area contributed by atoms with Gasteiger partial charge < -0.3 is 19.5 Å². The first-order valence-corrected chi connectivity index (χ1v) is 6.94. The van der Waals surface area contributed by atoms with Gasteiger partial charge in [0.1, 0.15) is 5.75 Å². The summed E-state index contributed by atoms with van der Waals surface area (Å²) in [7, 11) is 0. The van der Waals surface area contributed by atoms with Crippen LogP contribution in [-0.4, -0.2) is 54.3 Å². The molecule has 0 spiro atoms. The maximum absolute atomic E-state index is 12.2. The summed E-state index contributed by atoms with van der Waals surface area (Å²) in [5.41, 5.74) is 1.02. The minimum atomic E-state index is -1.06. The largest absolute Gasteiger partial charge is 0.483 e. The average molecular weight is 293 g/mol. The number of benzene rings is 1. The van der Waals surface area contributed by atoms with E-state index in [1.54, 1.807) is 6.07 Å². The van der Waals surface area contributed by atoms with Gasteiger partial charge in [-0.2, -0.15) is 0 Å². The van der Waals surface area contributed by atoms with Crippen molar-refractivity contribution in [3.63, 3.8) is 0 Å². The smallest absolute Gasteiger partial charge is 0.328 e. The molecular formula is C15H19NO5. The molecule has 1 saturated heterocycles. The third-order valence-corrected chi connectivity index (χ3v) is 3.44. The number of aliphatic carboxylic acids is 1. The summed E-state index contributed by atoms with van der Waals surface area (Å²) in [5.74, 6) is -0.734. The fourth-order valence-corrected chi connectivity index (χ4v) is 2.27. The number of ether oxygens (including phenoxy) is 2. The van der Waals surface area contributed by atoms with Crippen LogP contribution in [0.1, 0.15) is 12.5 Å². The standard InChI is InChI=1S/C15H19NO5/c1-2-11-5-3-4-6-13(11)21-10-14(17)16-7-8-20-9-12(16)15(18)19/h3-6,12H,2,7-10H2,1H3,(H,18,19)/t12-/m0/s1. The number of carboxylic acid groups (broad SMARTS) is 1. The Labute approximate surface area is 123 Å². The van der Waals surface area contributed by atoms with Crippen molar-refractivity contribution in [1.29, 1.82) is 0 Å². The minimum absolute atomic E-state index is 0.0205.